The van der Waals surface area contributed by atoms with E-state index in [1.54, 1.807) is 0 Å². The number of aryl methyl sites for hydroxylation is 2. The lowest BCUT2D eigenvalue weighted by molar-refractivity contribution is 0.0738. The Balaban J connectivity index is 0.000000172. The van der Waals surface area contributed by atoms with Crippen LogP contribution in [0, 0.1) is 13.8 Å². The smallest absolute Gasteiger partial charge is 0.0484 e. The molecule has 6 aromatic carbocycles. The summed E-state index contributed by atoms with van der Waals surface area (Å²) < 4.78 is 0. The zero-order valence-electron chi connectivity index (χ0n) is 33.0. The molecule has 8 rings (SSSR count). The SMILES string of the molecule is CCN1CCN(Cc2ccc(-c3cc(C)ccc3Cl)cc2)CC1c1ccccc1.Cc1ccc(Cl)c(-c2ccc(CN3CCNC(c4ccccc4)C3)cc2)c1. The van der Waals surface area contributed by atoms with Gasteiger partial charge in [0.2, 0.25) is 0 Å². The second-order valence-corrected chi connectivity index (χ2v) is 16.1. The Labute approximate surface area is 344 Å². The lowest BCUT2D eigenvalue weighted by atomic mass is 10.0. The maximum atomic E-state index is 6.41. The molecule has 2 atom stereocenters. The maximum absolute atomic E-state index is 6.41. The molecule has 0 radical (unpaired) electrons. The van der Waals surface area contributed by atoms with Gasteiger partial charge < -0.3 is 5.32 Å². The van der Waals surface area contributed by atoms with Gasteiger partial charge in [0.05, 0.1) is 0 Å². The molecule has 2 aliphatic rings. The van der Waals surface area contributed by atoms with Gasteiger partial charge >= 0.3 is 0 Å². The van der Waals surface area contributed by atoms with Gasteiger partial charge in [0.1, 0.15) is 0 Å². The molecule has 2 fully saturated rings. The van der Waals surface area contributed by atoms with Crippen LogP contribution in [0.1, 0.15) is 52.4 Å². The minimum atomic E-state index is 0.408. The van der Waals surface area contributed by atoms with Crippen molar-refractivity contribution in [1.82, 2.24) is 20.0 Å². The summed E-state index contributed by atoms with van der Waals surface area (Å²) in [5, 5.41) is 5.25. The molecule has 1 N–H and O–H groups in total. The minimum absolute atomic E-state index is 0.408. The van der Waals surface area contributed by atoms with Crippen molar-refractivity contribution in [3.05, 3.63) is 189 Å². The van der Waals surface area contributed by atoms with Gasteiger partial charge in [-0.25, -0.2) is 0 Å². The summed E-state index contributed by atoms with van der Waals surface area (Å²) in [6.07, 6.45) is 0. The molecular formula is C50H54Cl2N4. The molecule has 6 aromatic rings. The standard InChI is InChI=1S/C26H29ClN2.C24H25ClN2/c1-3-29-16-15-28(19-26(29)23-7-5-4-6-8-23)18-21-10-12-22(13-11-21)24-17-20(2)9-14-25(24)27;1-18-7-12-23(25)22(15-18)20-10-8-19(9-11-20)16-27-14-13-26-24(17-27)21-5-3-2-4-6-21/h4-14,17,26H,3,15-16,18-19H2,1-2H3;2-12,15,24,26H,13-14,16-17H2,1H3. The van der Waals surface area contributed by atoms with Gasteiger partial charge in [-0.3, -0.25) is 14.7 Å². The lowest BCUT2D eigenvalue weighted by Crippen LogP contribution is -2.47. The predicted octanol–water partition coefficient (Wildman–Crippen LogP) is 11.7. The quantitative estimate of drug-likeness (QED) is 0.158. The van der Waals surface area contributed by atoms with Gasteiger partial charge in [-0.15, -0.1) is 0 Å². The molecule has 2 aliphatic heterocycles. The number of nitrogens with one attached hydrogen (secondary N) is 1. The Kier molecular flexibility index (Phi) is 13.7. The van der Waals surface area contributed by atoms with E-state index in [2.05, 4.69) is 168 Å². The molecule has 2 saturated heterocycles. The van der Waals surface area contributed by atoms with Crippen LogP contribution in [-0.2, 0) is 13.1 Å². The number of halogens is 2. The van der Waals surface area contributed by atoms with Crippen molar-refractivity contribution in [1.29, 1.82) is 0 Å². The van der Waals surface area contributed by atoms with Gasteiger partial charge in [0.15, 0.2) is 0 Å². The lowest BCUT2D eigenvalue weighted by Gasteiger charge is -2.41. The van der Waals surface area contributed by atoms with Crippen molar-refractivity contribution in [3.63, 3.8) is 0 Å². The highest BCUT2D eigenvalue weighted by atomic mass is 35.5. The first-order valence-corrected chi connectivity index (χ1v) is 20.8. The molecule has 6 heteroatoms. The molecule has 4 nitrogen and oxygen atoms in total. The predicted molar refractivity (Wildman–Crippen MR) is 237 cm³/mol. The van der Waals surface area contributed by atoms with Crippen LogP contribution in [0.4, 0.5) is 0 Å². The molecule has 0 amide bonds. The summed E-state index contributed by atoms with van der Waals surface area (Å²) in [5.74, 6) is 0. The normalized spacial score (nSPS) is 17.9. The Bertz CT molecular complexity index is 2140. The van der Waals surface area contributed by atoms with Crippen molar-refractivity contribution in [3.8, 4) is 22.3 Å². The molecule has 0 aliphatic carbocycles. The van der Waals surface area contributed by atoms with E-state index in [-0.39, 0.29) is 0 Å². The molecular weight excluding hydrogens is 727 g/mol. The van der Waals surface area contributed by atoms with E-state index >= 15 is 0 Å². The number of hydrogen-bond donors (Lipinski definition) is 1. The van der Waals surface area contributed by atoms with Crippen LogP contribution in [0.2, 0.25) is 10.0 Å². The summed E-state index contributed by atoms with van der Waals surface area (Å²) in [6, 6.07) is 52.6. The van der Waals surface area contributed by atoms with Gasteiger partial charge in [-0.2, -0.15) is 0 Å². The second-order valence-electron chi connectivity index (χ2n) is 15.3. The Morgan fingerprint density at radius 3 is 1.57 bits per heavy atom. The molecule has 2 heterocycles. The zero-order chi connectivity index (χ0) is 38.9. The average molecular weight is 782 g/mol. The number of nitrogens with zero attached hydrogens (tertiary/aromatic N) is 3. The fourth-order valence-corrected chi connectivity index (χ4v) is 8.52. The maximum Gasteiger partial charge on any atom is 0.0484 e. The van der Waals surface area contributed by atoms with Crippen molar-refractivity contribution in [2.24, 2.45) is 0 Å². The number of likely N-dealkylation sites (N-methyl/N-ethyl adjacent to an activating group) is 1. The van der Waals surface area contributed by atoms with E-state index < -0.39 is 0 Å². The third kappa shape index (κ3) is 10.4. The van der Waals surface area contributed by atoms with Crippen LogP contribution in [-0.4, -0.2) is 60.5 Å². The topological polar surface area (TPSA) is 21.8 Å². The highest BCUT2D eigenvalue weighted by Crippen LogP contribution is 2.31. The average Bonchev–Trinajstić information content (AvgIpc) is 3.24. The van der Waals surface area contributed by atoms with Gasteiger partial charge in [-0.1, -0.05) is 163 Å². The van der Waals surface area contributed by atoms with Gasteiger partial charge in [0, 0.05) is 85.6 Å². The van der Waals surface area contributed by atoms with Crippen LogP contribution in [0.25, 0.3) is 22.3 Å². The second kappa shape index (κ2) is 19.3. The fraction of sp³-hybridized carbons (Fsp3) is 0.280. The van der Waals surface area contributed by atoms with E-state index in [0.29, 0.717) is 12.1 Å². The summed E-state index contributed by atoms with van der Waals surface area (Å²) in [7, 11) is 0. The van der Waals surface area contributed by atoms with E-state index in [1.165, 1.54) is 44.5 Å². The van der Waals surface area contributed by atoms with Crippen molar-refractivity contribution in [2.75, 3.05) is 45.8 Å². The summed E-state index contributed by atoms with van der Waals surface area (Å²) in [5.41, 5.74) is 12.5. The Hall–Kier alpha value is -4.26. The van der Waals surface area contributed by atoms with E-state index in [1.807, 2.05) is 18.2 Å². The van der Waals surface area contributed by atoms with E-state index in [0.717, 1.165) is 80.1 Å². The molecule has 0 bridgehead atoms. The molecule has 56 heavy (non-hydrogen) atoms. The first-order valence-electron chi connectivity index (χ1n) is 20.1. The van der Waals surface area contributed by atoms with Crippen LogP contribution in [0.3, 0.4) is 0 Å². The van der Waals surface area contributed by atoms with E-state index in [9.17, 15) is 0 Å². The number of piperazine rings is 2. The molecule has 0 spiro atoms. The Morgan fingerprint density at radius 2 is 1.05 bits per heavy atom. The summed E-state index contributed by atoms with van der Waals surface area (Å²) >= 11 is 12.8. The number of hydrogen-bond acceptors (Lipinski definition) is 4. The zero-order valence-corrected chi connectivity index (χ0v) is 34.5. The van der Waals surface area contributed by atoms with E-state index in [4.69, 9.17) is 23.2 Å². The molecule has 2 unspecified atom stereocenters. The van der Waals surface area contributed by atoms with Gasteiger partial charge in [-0.05, 0) is 78.0 Å². The first-order chi connectivity index (χ1) is 27.3. The number of benzene rings is 6. The first kappa shape index (κ1) is 40.0. The van der Waals surface area contributed by atoms with Crippen LogP contribution >= 0.6 is 23.2 Å². The third-order valence-electron chi connectivity index (χ3n) is 11.2. The number of rotatable bonds is 9. The molecule has 288 valence electrons. The minimum Gasteiger partial charge on any atom is -0.308 e. The summed E-state index contributed by atoms with van der Waals surface area (Å²) in [4.78, 5) is 7.70. The third-order valence-corrected chi connectivity index (χ3v) is 11.9. The Morgan fingerprint density at radius 1 is 0.554 bits per heavy atom. The highest BCUT2D eigenvalue weighted by Gasteiger charge is 2.27. The van der Waals surface area contributed by atoms with Crippen molar-refractivity contribution in [2.45, 2.75) is 45.9 Å². The van der Waals surface area contributed by atoms with Crippen LogP contribution in [0.5, 0.6) is 0 Å². The molecule has 0 aromatic heterocycles. The summed E-state index contributed by atoms with van der Waals surface area (Å²) in [6.45, 7) is 16.0. The molecule has 0 saturated carbocycles. The highest BCUT2D eigenvalue weighted by molar-refractivity contribution is 6.33. The van der Waals surface area contributed by atoms with Crippen molar-refractivity contribution >= 4 is 23.2 Å². The fourth-order valence-electron chi connectivity index (χ4n) is 8.07. The monoisotopic (exact) mass is 780 g/mol. The van der Waals surface area contributed by atoms with Crippen LogP contribution < -0.4 is 5.32 Å². The van der Waals surface area contributed by atoms with Crippen molar-refractivity contribution < 1.29 is 0 Å². The largest absolute Gasteiger partial charge is 0.308 e. The van der Waals surface area contributed by atoms with Crippen LogP contribution in [0.15, 0.2) is 146 Å². The van der Waals surface area contributed by atoms with Gasteiger partial charge in [0.25, 0.3) is 0 Å².